The van der Waals surface area contributed by atoms with E-state index in [0.29, 0.717) is 5.92 Å². The Morgan fingerprint density at radius 2 is 2.00 bits per heavy atom. The van der Waals surface area contributed by atoms with E-state index in [9.17, 15) is 0 Å². The van der Waals surface area contributed by atoms with Crippen LogP contribution in [-0.2, 0) is 6.42 Å². The van der Waals surface area contributed by atoms with Crippen LogP contribution in [0.15, 0.2) is 12.1 Å². The van der Waals surface area contributed by atoms with Gasteiger partial charge in [0, 0.05) is 9.75 Å². The molecule has 0 fully saturated rings. The van der Waals surface area contributed by atoms with Crippen LogP contribution in [0, 0.1) is 5.92 Å². The summed E-state index contributed by atoms with van der Waals surface area (Å²) in [7, 11) is 0. The molecule has 0 radical (unpaired) electrons. The van der Waals surface area contributed by atoms with Gasteiger partial charge in [-0.05, 0) is 42.6 Å². The van der Waals surface area contributed by atoms with E-state index in [1.807, 2.05) is 11.3 Å². The van der Waals surface area contributed by atoms with E-state index >= 15 is 0 Å². The quantitative estimate of drug-likeness (QED) is 0.711. The lowest BCUT2D eigenvalue weighted by molar-refractivity contribution is 0.654. The highest BCUT2D eigenvalue weighted by molar-refractivity contribution is 7.80. The SMILES string of the molecule is CC(C)Cc1ccc(C(C)CCS)s1. The maximum atomic E-state index is 4.28. The van der Waals surface area contributed by atoms with E-state index in [-0.39, 0.29) is 0 Å². The fraction of sp³-hybridized carbons (Fsp3) is 0.667. The smallest absolute Gasteiger partial charge is 0.00766 e. The molecule has 1 atom stereocenters. The van der Waals surface area contributed by atoms with Crippen molar-refractivity contribution in [1.82, 2.24) is 0 Å². The van der Waals surface area contributed by atoms with Crippen LogP contribution >= 0.6 is 24.0 Å². The predicted octanol–water partition coefficient (Wildman–Crippen LogP) is 4.37. The lowest BCUT2D eigenvalue weighted by Crippen LogP contribution is -1.91. The molecule has 0 aliphatic heterocycles. The highest BCUT2D eigenvalue weighted by atomic mass is 32.1. The van der Waals surface area contributed by atoms with Crippen LogP contribution in [0.5, 0.6) is 0 Å². The van der Waals surface area contributed by atoms with Gasteiger partial charge in [-0.1, -0.05) is 20.8 Å². The van der Waals surface area contributed by atoms with Crippen LogP contribution in [0.4, 0.5) is 0 Å². The molecule has 1 heterocycles. The van der Waals surface area contributed by atoms with Gasteiger partial charge in [-0.2, -0.15) is 12.6 Å². The van der Waals surface area contributed by atoms with Gasteiger partial charge in [-0.15, -0.1) is 11.3 Å². The molecule has 1 rings (SSSR count). The maximum absolute atomic E-state index is 4.28. The van der Waals surface area contributed by atoms with Crippen LogP contribution < -0.4 is 0 Å². The molecule has 1 aromatic rings. The van der Waals surface area contributed by atoms with Gasteiger partial charge >= 0.3 is 0 Å². The van der Waals surface area contributed by atoms with Gasteiger partial charge in [0.1, 0.15) is 0 Å². The van der Waals surface area contributed by atoms with E-state index in [4.69, 9.17) is 0 Å². The largest absolute Gasteiger partial charge is 0.179 e. The van der Waals surface area contributed by atoms with E-state index in [2.05, 4.69) is 45.5 Å². The first-order chi connectivity index (χ1) is 6.63. The van der Waals surface area contributed by atoms with Crippen molar-refractivity contribution >= 4 is 24.0 Å². The van der Waals surface area contributed by atoms with Crippen molar-refractivity contribution in [3.8, 4) is 0 Å². The lowest BCUT2D eigenvalue weighted by atomic mass is 10.1. The first kappa shape index (κ1) is 12.1. The number of thiol groups is 1. The third kappa shape index (κ3) is 3.66. The number of thiophene rings is 1. The lowest BCUT2D eigenvalue weighted by Gasteiger charge is -2.06. The second-order valence-electron chi connectivity index (χ2n) is 4.32. The van der Waals surface area contributed by atoms with Crippen LogP contribution in [0.2, 0.25) is 0 Å². The molecule has 1 aromatic heterocycles. The summed E-state index contributed by atoms with van der Waals surface area (Å²) in [6, 6.07) is 4.57. The molecule has 0 nitrogen and oxygen atoms in total. The molecule has 1 unspecified atom stereocenters. The van der Waals surface area contributed by atoms with Gasteiger partial charge in [0.25, 0.3) is 0 Å². The molecule has 0 N–H and O–H groups in total. The molecule has 0 aliphatic carbocycles. The predicted molar refractivity (Wildman–Crippen MR) is 69.7 cm³/mol. The maximum Gasteiger partial charge on any atom is 0.00766 e. The van der Waals surface area contributed by atoms with Crippen molar-refractivity contribution in [2.45, 2.75) is 39.5 Å². The van der Waals surface area contributed by atoms with Crippen LogP contribution in [-0.4, -0.2) is 5.75 Å². The third-order valence-electron chi connectivity index (χ3n) is 2.34. The van der Waals surface area contributed by atoms with E-state index in [1.165, 1.54) is 22.6 Å². The van der Waals surface area contributed by atoms with Crippen LogP contribution in [0.1, 0.15) is 42.9 Å². The summed E-state index contributed by atoms with van der Waals surface area (Å²) in [5.74, 6) is 2.43. The van der Waals surface area contributed by atoms with E-state index < -0.39 is 0 Å². The molecule has 2 heteroatoms. The van der Waals surface area contributed by atoms with Crippen LogP contribution in [0.25, 0.3) is 0 Å². The Kier molecular flexibility index (Phi) is 5.04. The molecule has 0 saturated carbocycles. The van der Waals surface area contributed by atoms with E-state index in [1.54, 1.807) is 0 Å². The second-order valence-corrected chi connectivity index (χ2v) is 5.96. The monoisotopic (exact) mass is 228 g/mol. The molecule has 0 saturated heterocycles. The van der Waals surface area contributed by atoms with Crippen molar-refractivity contribution in [1.29, 1.82) is 0 Å². The third-order valence-corrected chi connectivity index (χ3v) is 3.94. The summed E-state index contributed by atoms with van der Waals surface area (Å²) in [5.41, 5.74) is 0. The average Bonchev–Trinajstić information content (AvgIpc) is 2.52. The first-order valence-corrected chi connectivity index (χ1v) is 6.77. The van der Waals surface area contributed by atoms with E-state index in [0.717, 1.165) is 11.7 Å². The Hall–Kier alpha value is 0.0500. The van der Waals surface area contributed by atoms with Gasteiger partial charge in [-0.25, -0.2) is 0 Å². The summed E-state index contributed by atoms with van der Waals surface area (Å²) in [4.78, 5) is 3.05. The molecular weight excluding hydrogens is 208 g/mol. The molecule has 0 amide bonds. The Balaban J connectivity index is 2.58. The van der Waals surface area contributed by atoms with Gasteiger partial charge in [0.15, 0.2) is 0 Å². The summed E-state index contributed by atoms with van der Waals surface area (Å²) in [6.07, 6.45) is 2.41. The summed E-state index contributed by atoms with van der Waals surface area (Å²) in [6.45, 7) is 6.84. The molecule has 0 spiro atoms. The second kappa shape index (κ2) is 5.82. The number of hydrogen-bond acceptors (Lipinski definition) is 2. The molecule has 0 bridgehead atoms. The Labute approximate surface area is 97.1 Å². The summed E-state index contributed by atoms with van der Waals surface area (Å²) >= 11 is 6.25. The van der Waals surface area contributed by atoms with Crippen molar-refractivity contribution in [3.05, 3.63) is 21.9 Å². The fourth-order valence-corrected chi connectivity index (χ4v) is 3.21. The van der Waals surface area contributed by atoms with Crippen molar-refractivity contribution in [2.24, 2.45) is 5.92 Å². The molecule has 0 aliphatic rings. The van der Waals surface area contributed by atoms with Crippen molar-refractivity contribution in [2.75, 3.05) is 5.75 Å². The number of hydrogen-bond donors (Lipinski definition) is 1. The zero-order chi connectivity index (χ0) is 10.6. The molecular formula is C12H20S2. The van der Waals surface area contributed by atoms with Gasteiger partial charge < -0.3 is 0 Å². The Morgan fingerprint density at radius 3 is 2.57 bits per heavy atom. The van der Waals surface area contributed by atoms with Crippen LogP contribution in [0.3, 0.4) is 0 Å². The number of rotatable bonds is 5. The fourth-order valence-electron chi connectivity index (χ4n) is 1.51. The average molecular weight is 228 g/mol. The minimum Gasteiger partial charge on any atom is -0.179 e. The zero-order valence-corrected chi connectivity index (χ0v) is 11.0. The van der Waals surface area contributed by atoms with Gasteiger partial charge in [0.2, 0.25) is 0 Å². The van der Waals surface area contributed by atoms with Crippen molar-refractivity contribution < 1.29 is 0 Å². The van der Waals surface area contributed by atoms with Gasteiger partial charge in [-0.3, -0.25) is 0 Å². The normalized spacial score (nSPS) is 13.5. The topological polar surface area (TPSA) is 0 Å². The summed E-state index contributed by atoms with van der Waals surface area (Å²) in [5, 5.41) is 0. The highest BCUT2D eigenvalue weighted by Gasteiger charge is 2.08. The Morgan fingerprint density at radius 1 is 1.29 bits per heavy atom. The highest BCUT2D eigenvalue weighted by Crippen LogP contribution is 2.28. The standard InChI is InChI=1S/C12H20S2/c1-9(2)8-11-4-5-12(14-11)10(3)6-7-13/h4-5,9-10,13H,6-8H2,1-3H3. The zero-order valence-electron chi connectivity index (χ0n) is 9.29. The minimum atomic E-state index is 0.679. The molecule has 80 valence electrons. The Bertz CT molecular complexity index is 263. The van der Waals surface area contributed by atoms with Gasteiger partial charge in [0.05, 0.1) is 0 Å². The minimum absolute atomic E-state index is 0.679. The first-order valence-electron chi connectivity index (χ1n) is 5.33. The van der Waals surface area contributed by atoms with Crippen molar-refractivity contribution in [3.63, 3.8) is 0 Å². The summed E-state index contributed by atoms with van der Waals surface area (Å²) < 4.78 is 0. The molecule has 0 aromatic carbocycles. The molecule has 14 heavy (non-hydrogen) atoms.